The van der Waals surface area contributed by atoms with Crippen molar-refractivity contribution in [3.05, 3.63) is 84.1 Å². The highest BCUT2D eigenvalue weighted by molar-refractivity contribution is 5.95. The summed E-state index contributed by atoms with van der Waals surface area (Å²) in [5.74, 6) is -1.56. The zero-order valence-electron chi connectivity index (χ0n) is 23.0. The topological polar surface area (TPSA) is 77.3 Å². The molecule has 8 heteroatoms. The van der Waals surface area contributed by atoms with Crippen molar-refractivity contribution >= 4 is 34.5 Å². The van der Waals surface area contributed by atoms with Gasteiger partial charge < -0.3 is 9.64 Å². The number of methoxy groups -OCH3 is 1. The molecule has 2 heterocycles. The number of nitrogens with zero attached hydrogens (tertiary/aromatic N) is 4. The standard InChI is InChI=1S/C31H31FN4O3/c1-35-29-12-11-23(15-26(29)18-34-35)24-9-10-25(28(32)16-24)20-36(31(38)22-6-4-3-5-7-22)27-14-21(17-33-19-27)8-13-30(37)39-2/h8-19,22H,3-7,20H2,1-2H3/b13-8+/i20D. The molecule has 0 bridgehead atoms. The Balaban J connectivity index is 1.49. The minimum Gasteiger partial charge on any atom is -0.466 e. The third-order valence-corrected chi connectivity index (χ3v) is 7.18. The third-order valence-electron chi connectivity index (χ3n) is 7.18. The summed E-state index contributed by atoms with van der Waals surface area (Å²) in [5, 5.41) is 5.21. The van der Waals surface area contributed by atoms with Gasteiger partial charge in [0.2, 0.25) is 5.91 Å². The van der Waals surface area contributed by atoms with Gasteiger partial charge in [0, 0.05) is 36.2 Å². The molecule has 2 aromatic heterocycles. The summed E-state index contributed by atoms with van der Waals surface area (Å²) in [5.41, 5.74) is 3.48. The first-order valence-corrected chi connectivity index (χ1v) is 13.0. The molecule has 4 aromatic rings. The van der Waals surface area contributed by atoms with E-state index in [-0.39, 0.29) is 17.4 Å². The lowest BCUT2D eigenvalue weighted by Gasteiger charge is -2.29. The van der Waals surface area contributed by atoms with Crippen molar-refractivity contribution in [1.82, 2.24) is 14.8 Å². The van der Waals surface area contributed by atoms with Crippen LogP contribution in [0, 0.1) is 11.7 Å². The number of carbonyl (C=O) groups is 2. The molecule has 0 radical (unpaired) electrons. The zero-order chi connectivity index (χ0) is 28.2. The van der Waals surface area contributed by atoms with E-state index in [9.17, 15) is 9.59 Å². The molecule has 1 saturated carbocycles. The number of rotatable bonds is 7. The SMILES string of the molecule is [2H]C(c1ccc(-c2ccc3c(cnn3C)c2)cc1F)N(C(=O)C1CCCCC1)c1cncc(/C=C/C(=O)OC)c1. The van der Waals surface area contributed by atoms with E-state index in [1.54, 1.807) is 35.3 Å². The molecule has 0 aliphatic heterocycles. The predicted molar refractivity (Wildman–Crippen MR) is 149 cm³/mol. The van der Waals surface area contributed by atoms with Gasteiger partial charge in [0.1, 0.15) is 5.82 Å². The molecule has 1 aliphatic carbocycles. The molecule has 2 aromatic carbocycles. The van der Waals surface area contributed by atoms with Gasteiger partial charge >= 0.3 is 5.97 Å². The van der Waals surface area contributed by atoms with Crippen molar-refractivity contribution in [2.45, 2.75) is 38.6 Å². The van der Waals surface area contributed by atoms with Crippen LogP contribution in [0.3, 0.4) is 0 Å². The molecule has 200 valence electrons. The van der Waals surface area contributed by atoms with Gasteiger partial charge in [-0.3, -0.25) is 14.5 Å². The highest BCUT2D eigenvalue weighted by atomic mass is 19.1. The average molecular weight is 528 g/mol. The molecule has 1 fully saturated rings. The van der Waals surface area contributed by atoms with E-state index >= 15 is 4.39 Å². The second kappa shape index (κ2) is 11.6. The molecular formula is C31H31FN4O3. The first-order valence-electron chi connectivity index (χ1n) is 13.6. The van der Waals surface area contributed by atoms with Crippen LogP contribution >= 0.6 is 0 Å². The molecule has 0 N–H and O–H groups in total. The van der Waals surface area contributed by atoms with Crippen LogP contribution in [0.1, 0.15) is 44.6 Å². The second-order valence-electron chi connectivity index (χ2n) is 9.78. The van der Waals surface area contributed by atoms with Crippen LogP contribution < -0.4 is 4.90 Å². The fourth-order valence-corrected chi connectivity index (χ4v) is 5.01. The number of fused-ring (bicyclic) bond motifs is 1. The third kappa shape index (κ3) is 5.90. The quantitative estimate of drug-likeness (QED) is 0.215. The normalized spacial score (nSPS) is 15.3. The highest BCUT2D eigenvalue weighted by Gasteiger charge is 2.28. The van der Waals surface area contributed by atoms with Gasteiger partial charge in [-0.2, -0.15) is 5.10 Å². The van der Waals surface area contributed by atoms with Crippen molar-refractivity contribution in [1.29, 1.82) is 0 Å². The molecule has 0 spiro atoms. The lowest BCUT2D eigenvalue weighted by Crippen LogP contribution is -2.37. The van der Waals surface area contributed by atoms with E-state index in [4.69, 9.17) is 1.37 Å². The van der Waals surface area contributed by atoms with Gasteiger partial charge in [-0.25, -0.2) is 9.18 Å². The monoisotopic (exact) mass is 527 g/mol. The Labute approximate surface area is 228 Å². The largest absolute Gasteiger partial charge is 0.466 e. The van der Waals surface area contributed by atoms with Crippen LogP contribution in [-0.2, 0) is 27.9 Å². The molecule has 7 nitrogen and oxygen atoms in total. The molecule has 5 rings (SSSR count). The number of aryl methyl sites for hydroxylation is 1. The summed E-state index contributed by atoms with van der Waals surface area (Å²) in [7, 11) is 3.15. The van der Waals surface area contributed by atoms with Crippen molar-refractivity contribution in [2.75, 3.05) is 12.0 Å². The number of anilines is 1. The Hall–Kier alpha value is -4.33. The maximum Gasteiger partial charge on any atom is 0.330 e. The fourth-order valence-electron chi connectivity index (χ4n) is 5.01. The number of hydrogen-bond donors (Lipinski definition) is 0. The summed E-state index contributed by atoms with van der Waals surface area (Å²) in [6.45, 7) is -1.33. The number of esters is 1. The molecule has 1 unspecified atom stereocenters. The van der Waals surface area contributed by atoms with Crippen LogP contribution in [-0.4, -0.2) is 33.8 Å². The van der Waals surface area contributed by atoms with E-state index in [0.29, 0.717) is 16.8 Å². The summed E-state index contributed by atoms with van der Waals surface area (Å²) >= 11 is 0. The van der Waals surface area contributed by atoms with Crippen molar-refractivity contribution < 1.29 is 20.1 Å². The fraction of sp³-hybridized carbons (Fsp3) is 0.290. The van der Waals surface area contributed by atoms with Crippen molar-refractivity contribution in [3.63, 3.8) is 0 Å². The van der Waals surface area contributed by atoms with Crippen LogP contribution in [0.4, 0.5) is 10.1 Å². The van der Waals surface area contributed by atoms with Crippen LogP contribution in [0.2, 0.25) is 0 Å². The van der Waals surface area contributed by atoms with E-state index in [0.717, 1.165) is 48.6 Å². The van der Waals surface area contributed by atoms with Crippen LogP contribution in [0.25, 0.3) is 28.1 Å². The molecular weight excluding hydrogens is 495 g/mol. The van der Waals surface area contributed by atoms with Gasteiger partial charge in [0.05, 0.1) is 38.6 Å². The van der Waals surface area contributed by atoms with Gasteiger partial charge in [0.15, 0.2) is 0 Å². The molecule has 1 aliphatic rings. The molecule has 0 saturated heterocycles. The van der Waals surface area contributed by atoms with Crippen molar-refractivity contribution in [2.24, 2.45) is 13.0 Å². The van der Waals surface area contributed by atoms with Crippen LogP contribution in [0.5, 0.6) is 0 Å². The number of benzene rings is 2. The number of hydrogen-bond acceptors (Lipinski definition) is 5. The maximum atomic E-state index is 15.7. The predicted octanol–water partition coefficient (Wildman–Crippen LogP) is 6.07. The van der Waals surface area contributed by atoms with E-state index in [1.807, 2.05) is 25.2 Å². The Morgan fingerprint density at radius 1 is 1.10 bits per heavy atom. The number of ether oxygens (including phenoxy) is 1. The van der Waals surface area contributed by atoms with E-state index in [2.05, 4.69) is 14.8 Å². The smallest absolute Gasteiger partial charge is 0.330 e. The summed E-state index contributed by atoms with van der Waals surface area (Å²) in [4.78, 5) is 31.0. The highest BCUT2D eigenvalue weighted by Crippen LogP contribution is 2.31. The van der Waals surface area contributed by atoms with Gasteiger partial charge in [-0.15, -0.1) is 0 Å². The number of carbonyl (C=O) groups excluding carboxylic acids is 2. The lowest BCUT2D eigenvalue weighted by atomic mass is 9.88. The Morgan fingerprint density at radius 2 is 1.87 bits per heavy atom. The number of aromatic nitrogens is 3. The first-order chi connectivity index (χ1) is 19.4. The molecule has 1 atom stereocenters. The number of halogens is 1. The summed E-state index contributed by atoms with van der Waals surface area (Å²) in [6.07, 6.45) is 12.0. The number of amides is 1. The minimum atomic E-state index is -1.33. The average Bonchev–Trinajstić information content (AvgIpc) is 3.36. The summed E-state index contributed by atoms with van der Waals surface area (Å²) in [6, 6.07) is 12.2. The van der Waals surface area contributed by atoms with Crippen LogP contribution in [0.15, 0.2) is 67.1 Å². The Kier molecular flexibility index (Phi) is 7.43. The van der Waals surface area contributed by atoms with E-state index < -0.39 is 18.3 Å². The zero-order valence-corrected chi connectivity index (χ0v) is 22.0. The molecule has 39 heavy (non-hydrogen) atoms. The summed E-state index contributed by atoms with van der Waals surface area (Å²) < 4.78 is 31.2. The van der Waals surface area contributed by atoms with Gasteiger partial charge in [-0.1, -0.05) is 37.5 Å². The Bertz CT molecular complexity index is 1580. The van der Waals surface area contributed by atoms with Crippen molar-refractivity contribution in [3.8, 4) is 11.1 Å². The minimum absolute atomic E-state index is 0.0888. The first kappa shape index (κ1) is 25.0. The lowest BCUT2D eigenvalue weighted by molar-refractivity contribution is -0.134. The number of pyridine rings is 1. The second-order valence-corrected chi connectivity index (χ2v) is 9.78. The van der Waals surface area contributed by atoms with E-state index in [1.165, 1.54) is 36.4 Å². The maximum absolute atomic E-state index is 15.7. The molecule has 1 amide bonds. The van der Waals surface area contributed by atoms with Gasteiger partial charge in [0.25, 0.3) is 0 Å². The van der Waals surface area contributed by atoms with Gasteiger partial charge in [-0.05, 0) is 59.9 Å². The Morgan fingerprint density at radius 3 is 2.64 bits per heavy atom.